The minimum absolute atomic E-state index is 0.292. The fourth-order valence-electron chi connectivity index (χ4n) is 2.86. The molecule has 1 N–H and O–H groups in total. The zero-order valence-corrected chi connectivity index (χ0v) is 10.6. The normalized spacial score (nSPS) is 31.6. The van der Waals surface area contributed by atoms with Crippen molar-refractivity contribution in [3.8, 4) is 0 Å². The van der Waals surface area contributed by atoms with Gasteiger partial charge in [0.15, 0.2) is 0 Å². The number of rotatable bonds is 1. The smallest absolute Gasteiger partial charge is 0.253 e. The van der Waals surface area contributed by atoms with E-state index in [2.05, 4.69) is 0 Å². The van der Waals surface area contributed by atoms with Crippen molar-refractivity contribution in [2.24, 2.45) is 0 Å². The van der Waals surface area contributed by atoms with Gasteiger partial charge in [-0.25, -0.2) is 0 Å². The van der Waals surface area contributed by atoms with Crippen LogP contribution in [0.4, 0.5) is 0 Å². The molecule has 0 aromatic rings. The number of amides is 2. The van der Waals surface area contributed by atoms with Crippen molar-refractivity contribution in [3.05, 3.63) is 12.2 Å². The number of hydroxylamine groups is 2. The Bertz CT molecular complexity index is 394. The molecule has 1 atom stereocenters. The summed E-state index contributed by atoms with van der Waals surface area (Å²) in [7, 11) is 0. The van der Waals surface area contributed by atoms with Gasteiger partial charge in [-0.1, -0.05) is 0 Å². The van der Waals surface area contributed by atoms with Gasteiger partial charge in [0.05, 0.1) is 11.6 Å². The molecule has 0 saturated carbocycles. The lowest BCUT2D eigenvalue weighted by molar-refractivity contribution is -0.198. The van der Waals surface area contributed by atoms with Gasteiger partial charge >= 0.3 is 0 Å². The third-order valence-electron chi connectivity index (χ3n) is 3.78. The molecule has 94 valence electrons. The first-order valence-corrected chi connectivity index (χ1v) is 5.72. The SMILES string of the molecule is CC1(C)C[C@H](N2C(=O)C=CC2=O)C(C)(C)N1O. The van der Waals surface area contributed by atoms with Crippen LogP contribution in [0.5, 0.6) is 0 Å². The molecule has 17 heavy (non-hydrogen) atoms. The fourth-order valence-corrected chi connectivity index (χ4v) is 2.86. The predicted octanol–water partition coefficient (Wildman–Crippen LogP) is 0.932. The highest BCUT2D eigenvalue weighted by Gasteiger charge is 2.55. The standard InChI is InChI=1S/C12H18N2O3/c1-11(2)7-8(12(3,4)14(11)17)13-9(15)5-6-10(13)16/h5-6,8,17H,7H2,1-4H3/t8-/m0/s1. The van der Waals surface area contributed by atoms with E-state index >= 15 is 0 Å². The molecule has 0 aromatic carbocycles. The summed E-state index contributed by atoms with van der Waals surface area (Å²) in [4.78, 5) is 24.6. The van der Waals surface area contributed by atoms with Crippen molar-refractivity contribution in [3.63, 3.8) is 0 Å². The summed E-state index contributed by atoms with van der Waals surface area (Å²) < 4.78 is 0. The average molecular weight is 238 g/mol. The molecule has 1 saturated heterocycles. The zero-order valence-electron chi connectivity index (χ0n) is 10.6. The van der Waals surface area contributed by atoms with E-state index in [1.165, 1.54) is 22.1 Å². The molecule has 0 unspecified atom stereocenters. The lowest BCUT2D eigenvalue weighted by Crippen LogP contribution is -2.54. The highest BCUT2D eigenvalue weighted by Crippen LogP contribution is 2.42. The Labute approximate surface area is 101 Å². The fraction of sp³-hybridized carbons (Fsp3) is 0.667. The Kier molecular flexibility index (Phi) is 2.45. The molecular formula is C12H18N2O3. The van der Waals surface area contributed by atoms with Crippen LogP contribution in [-0.2, 0) is 9.59 Å². The van der Waals surface area contributed by atoms with Gasteiger partial charge in [-0.05, 0) is 34.1 Å². The van der Waals surface area contributed by atoms with Crippen LogP contribution in [-0.4, -0.2) is 44.1 Å². The van der Waals surface area contributed by atoms with Crippen molar-refractivity contribution in [2.75, 3.05) is 0 Å². The quantitative estimate of drug-likeness (QED) is 0.690. The van der Waals surface area contributed by atoms with E-state index in [1.54, 1.807) is 0 Å². The maximum Gasteiger partial charge on any atom is 0.253 e. The van der Waals surface area contributed by atoms with Crippen LogP contribution in [0.3, 0.4) is 0 Å². The second-order valence-corrected chi connectivity index (χ2v) is 5.88. The summed E-state index contributed by atoms with van der Waals surface area (Å²) in [6.07, 6.45) is 3.13. The summed E-state index contributed by atoms with van der Waals surface area (Å²) >= 11 is 0. The van der Waals surface area contributed by atoms with Gasteiger partial charge in [0.1, 0.15) is 0 Å². The van der Waals surface area contributed by atoms with Crippen LogP contribution in [0.2, 0.25) is 0 Å². The lowest BCUT2D eigenvalue weighted by Gasteiger charge is -2.37. The first-order valence-electron chi connectivity index (χ1n) is 5.72. The number of carbonyl (C=O) groups excluding carboxylic acids is 2. The first kappa shape index (κ1) is 12.3. The van der Waals surface area contributed by atoms with Gasteiger partial charge in [-0.15, -0.1) is 0 Å². The van der Waals surface area contributed by atoms with Crippen LogP contribution >= 0.6 is 0 Å². The van der Waals surface area contributed by atoms with Crippen molar-refractivity contribution < 1.29 is 14.8 Å². The third-order valence-corrected chi connectivity index (χ3v) is 3.78. The Morgan fingerprint density at radius 1 is 1.18 bits per heavy atom. The highest BCUT2D eigenvalue weighted by molar-refractivity contribution is 6.13. The first-order chi connectivity index (χ1) is 7.68. The van der Waals surface area contributed by atoms with Gasteiger partial charge in [0.2, 0.25) is 0 Å². The average Bonchev–Trinajstić information content (AvgIpc) is 2.60. The van der Waals surface area contributed by atoms with Crippen LogP contribution in [0.15, 0.2) is 12.2 Å². The Hall–Kier alpha value is -1.20. The number of carbonyl (C=O) groups is 2. The van der Waals surface area contributed by atoms with Gasteiger partial charge in [0, 0.05) is 17.7 Å². The largest absolute Gasteiger partial charge is 0.313 e. The molecule has 2 rings (SSSR count). The molecule has 0 aliphatic carbocycles. The number of imide groups is 1. The van der Waals surface area contributed by atoms with E-state index in [-0.39, 0.29) is 17.9 Å². The van der Waals surface area contributed by atoms with Crippen molar-refractivity contribution in [1.82, 2.24) is 9.96 Å². The van der Waals surface area contributed by atoms with Crippen molar-refractivity contribution >= 4 is 11.8 Å². The van der Waals surface area contributed by atoms with Crippen molar-refractivity contribution in [1.29, 1.82) is 0 Å². The lowest BCUT2D eigenvalue weighted by atomic mass is 9.93. The van der Waals surface area contributed by atoms with Gasteiger partial charge in [-0.2, -0.15) is 5.06 Å². The molecule has 2 aliphatic rings. The summed E-state index contributed by atoms with van der Waals surface area (Å²) in [5, 5.41) is 11.4. The molecule has 2 aliphatic heterocycles. The van der Waals surface area contributed by atoms with Crippen LogP contribution in [0.25, 0.3) is 0 Å². The number of hydrogen-bond donors (Lipinski definition) is 1. The monoisotopic (exact) mass is 238 g/mol. The Balaban J connectivity index is 2.35. The molecule has 2 amide bonds. The molecule has 5 nitrogen and oxygen atoms in total. The van der Waals surface area contributed by atoms with Crippen LogP contribution in [0, 0.1) is 0 Å². The summed E-state index contributed by atoms with van der Waals surface area (Å²) in [5.41, 5.74) is -1.09. The van der Waals surface area contributed by atoms with E-state index in [1.807, 2.05) is 27.7 Å². The molecule has 2 heterocycles. The minimum atomic E-state index is -0.638. The molecule has 1 fully saturated rings. The van der Waals surface area contributed by atoms with Crippen LogP contribution in [0.1, 0.15) is 34.1 Å². The molecular weight excluding hydrogens is 220 g/mol. The Morgan fingerprint density at radius 3 is 2.00 bits per heavy atom. The topological polar surface area (TPSA) is 60.9 Å². The second kappa shape index (κ2) is 3.40. The Morgan fingerprint density at radius 2 is 1.65 bits per heavy atom. The summed E-state index contributed by atoms with van der Waals surface area (Å²) in [6.45, 7) is 7.47. The summed E-state index contributed by atoms with van der Waals surface area (Å²) in [5.74, 6) is -0.585. The molecule has 0 aromatic heterocycles. The minimum Gasteiger partial charge on any atom is -0.313 e. The molecule has 0 bridgehead atoms. The molecule has 5 heteroatoms. The van der Waals surface area contributed by atoms with E-state index in [0.717, 1.165) is 0 Å². The van der Waals surface area contributed by atoms with E-state index in [0.29, 0.717) is 6.42 Å². The highest BCUT2D eigenvalue weighted by atomic mass is 16.5. The summed E-state index contributed by atoms with van der Waals surface area (Å²) in [6, 6.07) is -0.308. The van der Waals surface area contributed by atoms with Crippen molar-refractivity contribution in [2.45, 2.75) is 51.2 Å². The predicted molar refractivity (Wildman–Crippen MR) is 61.2 cm³/mol. The second-order valence-electron chi connectivity index (χ2n) is 5.88. The van der Waals surface area contributed by atoms with E-state index in [9.17, 15) is 14.8 Å². The van der Waals surface area contributed by atoms with E-state index < -0.39 is 11.1 Å². The number of hydrogen-bond acceptors (Lipinski definition) is 4. The number of nitrogens with zero attached hydrogens (tertiary/aromatic N) is 2. The van der Waals surface area contributed by atoms with Gasteiger partial charge in [0.25, 0.3) is 11.8 Å². The van der Waals surface area contributed by atoms with Crippen LogP contribution < -0.4 is 0 Å². The molecule has 0 radical (unpaired) electrons. The maximum atomic E-state index is 11.7. The maximum absolute atomic E-state index is 11.7. The molecule has 0 spiro atoms. The van der Waals surface area contributed by atoms with Gasteiger partial charge < -0.3 is 5.21 Å². The third kappa shape index (κ3) is 1.61. The van der Waals surface area contributed by atoms with Gasteiger partial charge in [-0.3, -0.25) is 14.5 Å². The zero-order chi connectivity index (χ0) is 13.0. The van der Waals surface area contributed by atoms with E-state index in [4.69, 9.17) is 0 Å².